The maximum atomic E-state index is 12.6. The summed E-state index contributed by atoms with van der Waals surface area (Å²) in [6.07, 6.45) is 3.38. The molecule has 3 aromatic rings. The maximum absolute atomic E-state index is 12.6. The van der Waals surface area contributed by atoms with Crippen molar-refractivity contribution in [2.24, 2.45) is 0 Å². The van der Waals surface area contributed by atoms with Crippen molar-refractivity contribution in [2.45, 2.75) is 64.0 Å². The normalized spacial score (nSPS) is 20.7. The second-order valence-electron chi connectivity index (χ2n) is 9.94. The predicted octanol–water partition coefficient (Wildman–Crippen LogP) is 5.01. The number of ether oxygens (including phenoxy) is 2. The third-order valence-corrected chi connectivity index (χ3v) is 7.53. The van der Waals surface area contributed by atoms with Crippen LogP contribution in [0.4, 0.5) is 10.5 Å². The van der Waals surface area contributed by atoms with Crippen molar-refractivity contribution in [1.29, 1.82) is 0 Å². The van der Waals surface area contributed by atoms with Gasteiger partial charge in [0.15, 0.2) is 0 Å². The van der Waals surface area contributed by atoms with E-state index in [-0.39, 0.29) is 24.6 Å². The number of hydrogen-bond acceptors (Lipinski definition) is 5. The fourth-order valence-corrected chi connectivity index (χ4v) is 5.72. The van der Waals surface area contributed by atoms with Gasteiger partial charge in [-0.2, -0.15) is 0 Å². The van der Waals surface area contributed by atoms with Crippen LogP contribution in [0.1, 0.15) is 60.7 Å². The first-order valence-electron chi connectivity index (χ1n) is 12.7. The highest BCUT2D eigenvalue weighted by molar-refractivity contribution is 5.95. The molecule has 190 valence electrons. The lowest BCUT2D eigenvalue weighted by atomic mass is 9.94. The van der Waals surface area contributed by atoms with Gasteiger partial charge in [-0.25, -0.2) is 9.78 Å². The second kappa shape index (κ2) is 9.93. The zero-order chi connectivity index (χ0) is 25.4. The zero-order valence-electron chi connectivity index (χ0n) is 21.1. The Balaban J connectivity index is 1.65. The van der Waals surface area contributed by atoms with Crippen molar-refractivity contribution in [3.05, 3.63) is 58.9 Å². The van der Waals surface area contributed by atoms with Crippen LogP contribution in [-0.4, -0.2) is 53.1 Å². The van der Waals surface area contributed by atoms with Gasteiger partial charge in [0.2, 0.25) is 0 Å². The fourth-order valence-electron chi connectivity index (χ4n) is 5.72. The van der Waals surface area contributed by atoms with E-state index in [9.17, 15) is 14.7 Å². The van der Waals surface area contributed by atoms with Gasteiger partial charge in [-0.3, -0.25) is 9.69 Å². The fraction of sp³-hybridized carbons (Fsp3) is 0.464. The Labute approximate surface area is 210 Å². The molecule has 0 spiro atoms. The average molecular weight is 492 g/mol. The molecule has 2 aliphatic heterocycles. The summed E-state index contributed by atoms with van der Waals surface area (Å²) in [4.78, 5) is 31.8. The van der Waals surface area contributed by atoms with Crippen LogP contribution in [-0.2, 0) is 27.1 Å². The van der Waals surface area contributed by atoms with Crippen LogP contribution >= 0.6 is 0 Å². The first-order chi connectivity index (χ1) is 17.4. The molecular weight excluding hydrogens is 458 g/mol. The lowest BCUT2D eigenvalue weighted by Gasteiger charge is -2.34. The van der Waals surface area contributed by atoms with E-state index in [4.69, 9.17) is 14.5 Å². The second-order valence-corrected chi connectivity index (χ2v) is 9.94. The Bertz CT molecular complexity index is 1290. The minimum absolute atomic E-state index is 0.0217. The van der Waals surface area contributed by atoms with E-state index in [1.54, 1.807) is 4.90 Å². The van der Waals surface area contributed by atoms with Crippen molar-refractivity contribution in [2.75, 3.05) is 25.2 Å². The monoisotopic (exact) mass is 491 g/mol. The molecule has 2 aliphatic rings. The Hall–Kier alpha value is -3.39. The molecule has 0 bridgehead atoms. The van der Waals surface area contributed by atoms with Gasteiger partial charge >= 0.3 is 12.1 Å². The van der Waals surface area contributed by atoms with Gasteiger partial charge in [0.05, 0.1) is 42.4 Å². The Morgan fingerprint density at radius 1 is 1.25 bits per heavy atom. The largest absolute Gasteiger partial charge is 0.481 e. The molecule has 3 atom stereocenters. The molecule has 2 unspecified atom stereocenters. The van der Waals surface area contributed by atoms with Gasteiger partial charge < -0.3 is 19.1 Å². The topological polar surface area (TPSA) is 93.9 Å². The number of methoxy groups -OCH3 is 1. The Kier molecular flexibility index (Phi) is 6.71. The number of carboxylic acid groups (broad SMARTS) is 1. The summed E-state index contributed by atoms with van der Waals surface area (Å²) < 4.78 is 13.1. The molecule has 36 heavy (non-hydrogen) atoms. The molecule has 1 amide bonds. The highest BCUT2D eigenvalue weighted by Crippen LogP contribution is 2.39. The number of aliphatic carboxylic acids is 1. The number of aryl methyl sites for hydroxylation is 2. The summed E-state index contributed by atoms with van der Waals surface area (Å²) in [6.45, 7) is 5.30. The van der Waals surface area contributed by atoms with Gasteiger partial charge in [-0.15, -0.1) is 0 Å². The van der Waals surface area contributed by atoms with Gasteiger partial charge in [0.25, 0.3) is 0 Å². The van der Waals surface area contributed by atoms with Gasteiger partial charge in [0.1, 0.15) is 5.82 Å². The highest BCUT2D eigenvalue weighted by Gasteiger charge is 2.33. The lowest BCUT2D eigenvalue weighted by molar-refractivity contribution is -0.138. The number of carbonyl (C=O) groups excluding carboxylic acids is 1. The number of rotatable bonds is 5. The van der Waals surface area contributed by atoms with Crippen LogP contribution in [0, 0.1) is 6.92 Å². The molecule has 0 radical (unpaired) electrons. The van der Waals surface area contributed by atoms with Crippen LogP contribution in [0.15, 0.2) is 36.4 Å². The zero-order valence-corrected chi connectivity index (χ0v) is 21.1. The molecule has 1 N–H and O–H groups in total. The van der Waals surface area contributed by atoms with Crippen LogP contribution in [0.3, 0.4) is 0 Å². The summed E-state index contributed by atoms with van der Waals surface area (Å²) in [5.74, 6) is -0.842. The highest BCUT2D eigenvalue weighted by atomic mass is 16.5. The quantitative estimate of drug-likeness (QED) is 0.539. The SMILES string of the molecule is COC(=O)N1c2ccc3c(nc(CC(C(=O)O)c4cccc(C)c4)n3C3CCCOC3)c2CC[C@@H]1C. The van der Waals surface area contributed by atoms with Crippen LogP contribution in [0.2, 0.25) is 0 Å². The minimum Gasteiger partial charge on any atom is -0.481 e. The maximum Gasteiger partial charge on any atom is 0.414 e. The minimum atomic E-state index is -0.869. The summed E-state index contributed by atoms with van der Waals surface area (Å²) in [6, 6.07) is 11.8. The standard InChI is InChI=1S/C28H33N3O5/c1-17-6-4-7-19(14-17)22(27(32)33)15-25-29-26-21-10-9-18(2)30(28(34)35-3)23(21)11-12-24(26)31(25)20-8-5-13-36-16-20/h4,6-7,11-12,14,18,20,22H,5,8-10,13,15-16H2,1-3H3,(H,32,33)/t18-,20?,22?/m0/s1. The van der Waals surface area contributed by atoms with Crippen molar-refractivity contribution in [1.82, 2.24) is 9.55 Å². The number of hydrogen-bond donors (Lipinski definition) is 1. The lowest BCUT2D eigenvalue weighted by Crippen LogP contribution is -2.42. The first-order valence-corrected chi connectivity index (χ1v) is 12.7. The smallest absolute Gasteiger partial charge is 0.414 e. The number of nitrogens with zero attached hydrogens (tertiary/aromatic N) is 3. The molecule has 8 heteroatoms. The van der Waals surface area contributed by atoms with Gasteiger partial charge in [-0.05, 0) is 57.2 Å². The molecule has 5 rings (SSSR count). The first kappa shape index (κ1) is 24.3. The average Bonchev–Trinajstić information content (AvgIpc) is 3.25. The molecule has 1 saturated heterocycles. The van der Waals surface area contributed by atoms with E-state index in [1.807, 2.05) is 50.2 Å². The number of carbonyl (C=O) groups is 2. The number of imidazole rings is 1. The summed E-state index contributed by atoms with van der Waals surface area (Å²) >= 11 is 0. The van der Waals surface area contributed by atoms with E-state index in [0.29, 0.717) is 6.61 Å². The van der Waals surface area contributed by atoms with Crippen molar-refractivity contribution >= 4 is 28.8 Å². The molecule has 0 aliphatic carbocycles. The number of amides is 1. The van der Waals surface area contributed by atoms with Crippen molar-refractivity contribution in [3.8, 4) is 0 Å². The number of carboxylic acids is 1. The van der Waals surface area contributed by atoms with E-state index in [2.05, 4.69) is 4.57 Å². The summed E-state index contributed by atoms with van der Waals surface area (Å²) in [5, 5.41) is 10.2. The third-order valence-electron chi connectivity index (χ3n) is 7.53. The molecule has 2 aromatic carbocycles. The summed E-state index contributed by atoms with van der Waals surface area (Å²) in [7, 11) is 1.40. The molecular formula is C28H33N3O5. The Morgan fingerprint density at radius 2 is 2.08 bits per heavy atom. The van der Waals surface area contributed by atoms with E-state index in [1.165, 1.54) is 7.11 Å². The molecule has 3 heterocycles. The Morgan fingerprint density at radius 3 is 2.78 bits per heavy atom. The molecule has 8 nitrogen and oxygen atoms in total. The van der Waals surface area contributed by atoms with E-state index < -0.39 is 11.9 Å². The van der Waals surface area contributed by atoms with Crippen LogP contribution < -0.4 is 4.90 Å². The van der Waals surface area contributed by atoms with Crippen LogP contribution in [0.25, 0.3) is 11.0 Å². The summed E-state index contributed by atoms with van der Waals surface area (Å²) in [5.41, 5.74) is 5.43. The molecule has 1 aromatic heterocycles. The third kappa shape index (κ3) is 4.34. The van der Waals surface area contributed by atoms with E-state index >= 15 is 0 Å². The number of benzene rings is 2. The number of anilines is 1. The number of aromatic nitrogens is 2. The molecule has 0 saturated carbocycles. The molecule has 1 fully saturated rings. The van der Waals surface area contributed by atoms with Crippen molar-refractivity contribution in [3.63, 3.8) is 0 Å². The van der Waals surface area contributed by atoms with E-state index in [0.717, 1.165) is 71.5 Å². The van der Waals surface area contributed by atoms with Gasteiger partial charge in [0, 0.05) is 24.6 Å². The number of fused-ring (bicyclic) bond motifs is 3. The van der Waals surface area contributed by atoms with Crippen LogP contribution in [0.5, 0.6) is 0 Å². The predicted molar refractivity (Wildman–Crippen MR) is 137 cm³/mol. The van der Waals surface area contributed by atoms with Gasteiger partial charge in [-0.1, -0.05) is 29.8 Å². The van der Waals surface area contributed by atoms with Crippen molar-refractivity contribution < 1.29 is 24.2 Å².